The fraction of sp³-hybridized carbons (Fsp3) is 0.227. The van der Waals surface area contributed by atoms with Crippen LogP contribution in [0, 0.1) is 19.8 Å². The van der Waals surface area contributed by atoms with Crippen molar-refractivity contribution in [1.29, 1.82) is 0 Å². The van der Waals surface area contributed by atoms with Gasteiger partial charge in [0.15, 0.2) is 5.75 Å². The van der Waals surface area contributed by atoms with Gasteiger partial charge in [0, 0.05) is 40.9 Å². The van der Waals surface area contributed by atoms with Crippen molar-refractivity contribution in [3.63, 3.8) is 0 Å². The minimum absolute atomic E-state index is 0.0307. The molecule has 2 aromatic heterocycles. The van der Waals surface area contributed by atoms with Gasteiger partial charge in [-0.15, -0.1) is 0 Å². The Labute approximate surface area is 189 Å². The molecule has 0 aliphatic heterocycles. The standard InChI is InChI=1S/C22H19F4N3O3S/c1-12-16(22(24,25)26)11-27-20(32-17-8-9-18(23)28-13(17)2)19(12)21(30)29(3)14-6-5-7-15(10-14)33(4)31/h5-11H,1-4H3. The maximum Gasteiger partial charge on any atom is 0.418 e. The maximum absolute atomic E-state index is 13.5. The second kappa shape index (κ2) is 9.26. The minimum atomic E-state index is -4.75. The van der Waals surface area contributed by atoms with Crippen molar-refractivity contribution in [1.82, 2.24) is 9.97 Å². The van der Waals surface area contributed by atoms with Crippen molar-refractivity contribution in [3.05, 3.63) is 70.9 Å². The highest BCUT2D eigenvalue weighted by atomic mass is 32.2. The molecule has 0 N–H and O–H groups in total. The van der Waals surface area contributed by atoms with E-state index in [1.807, 2.05) is 0 Å². The van der Waals surface area contributed by atoms with Gasteiger partial charge in [-0.2, -0.15) is 17.6 Å². The Kier molecular flexibility index (Phi) is 6.82. The molecule has 0 saturated carbocycles. The molecule has 1 unspecified atom stereocenters. The van der Waals surface area contributed by atoms with E-state index < -0.39 is 40.0 Å². The largest absolute Gasteiger partial charge is 0.436 e. The molecule has 0 fully saturated rings. The third-order valence-corrected chi connectivity index (χ3v) is 5.79. The van der Waals surface area contributed by atoms with Crippen molar-refractivity contribution in [3.8, 4) is 11.6 Å². The van der Waals surface area contributed by atoms with Crippen molar-refractivity contribution < 1.29 is 31.3 Å². The quantitative estimate of drug-likeness (QED) is 0.376. The number of hydrogen-bond donors (Lipinski definition) is 0. The lowest BCUT2D eigenvalue weighted by molar-refractivity contribution is -0.138. The van der Waals surface area contributed by atoms with Gasteiger partial charge in [0.05, 0.1) is 11.3 Å². The SMILES string of the molecule is Cc1nc(F)ccc1Oc1ncc(C(F)(F)F)c(C)c1C(=O)N(C)c1cccc(S(C)=O)c1. The molecular weight excluding hydrogens is 462 g/mol. The predicted octanol–water partition coefficient (Wildman–Crippen LogP) is 5.06. The summed E-state index contributed by atoms with van der Waals surface area (Å²) in [4.78, 5) is 22.3. The Morgan fingerprint density at radius 1 is 1.15 bits per heavy atom. The van der Waals surface area contributed by atoms with Crippen LogP contribution in [0.5, 0.6) is 11.6 Å². The Balaban J connectivity index is 2.13. The van der Waals surface area contributed by atoms with Crippen LogP contribution in [-0.2, 0) is 17.0 Å². The number of benzene rings is 1. The van der Waals surface area contributed by atoms with Crippen molar-refractivity contribution in [2.24, 2.45) is 0 Å². The number of carbonyl (C=O) groups is 1. The van der Waals surface area contributed by atoms with Crippen LogP contribution >= 0.6 is 0 Å². The fourth-order valence-electron chi connectivity index (χ4n) is 3.08. The van der Waals surface area contributed by atoms with Crippen LogP contribution < -0.4 is 9.64 Å². The maximum atomic E-state index is 13.5. The van der Waals surface area contributed by atoms with Crippen LogP contribution in [-0.4, -0.2) is 33.4 Å². The number of aromatic nitrogens is 2. The van der Waals surface area contributed by atoms with E-state index in [1.165, 1.54) is 32.4 Å². The average molecular weight is 481 g/mol. The number of nitrogens with zero attached hydrogens (tertiary/aromatic N) is 3. The smallest absolute Gasteiger partial charge is 0.418 e. The van der Waals surface area contributed by atoms with Gasteiger partial charge in [-0.1, -0.05) is 6.07 Å². The first-order valence-electron chi connectivity index (χ1n) is 9.49. The lowest BCUT2D eigenvalue weighted by atomic mass is 10.0. The van der Waals surface area contributed by atoms with Gasteiger partial charge in [0.25, 0.3) is 5.91 Å². The molecule has 1 amide bonds. The summed E-state index contributed by atoms with van der Waals surface area (Å²) in [5.41, 5.74) is -1.45. The summed E-state index contributed by atoms with van der Waals surface area (Å²) < 4.78 is 71.3. The minimum Gasteiger partial charge on any atom is -0.436 e. The molecule has 6 nitrogen and oxygen atoms in total. The first-order valence-corrected chi connectivity index (χ1v) is 11.0. The van der Waals surface area contributed by atoms with E-state index in [-0.39, 0.29) is 22.9 Å². The first kappa shape index (κ1) is 24.3. The molecule has 1 atom stereocenters. The average Bonchev–Trinajstić information content (AvgIpc) is 2.74. The topological polar surface area (TPSA) is 72.4 Å². The third kappa shape index (κ3) is 5.19. The Hall–Kier alpha value is -3.34. The molecule has 0 aliphatic rings. The fourth-order valence-corrected chi connectivity index (χ4v) is 3.64. The second-order valence-corrected chi connectivity index (χ2v) is 8.49. The molecule has 3 rings (SSSR count). The highest BCUT2D eigenvalue weighted by Crippen LogP contribution is 2.37. The number of anilines is 1. The van der Waals surface area contributed by atoms with Crippen LogP contribution in [0.1, 0.15) is 27.2 Å². The van der Waals surface area contributed by atoms with Crippen LogP contribution in [0.3, 0.4) is 0 Å². The van der Waals surface area contributed by atoms with Gasteiger partial charge in [-0.3, -0.25) is 9.00 Å². The summed E-state index contributed by atoms with van der Waals surface area (Å²) in [6.45, 7) is 2.59. The Morgan fingerprint density at radius 3 is 2.45 bits per heavy atom. The van der Waals surface area contributed by atoms with Crippen LogP contribution in [0.25, 0.3) is 0 Å². The summed E-state index contributed by atoms with van der Waals surface area (Å²) in [5.74, 6) is -1.94. The van der Waals surface area contributed by atoms with Gasteiger partial charge in [-0.25, -0.2) is 9.97 Å². The summed E-state index contributed by atoms with van der Waals surface area (Å²) in [5, 5.41) is 0. The number of hydrogen-bond acceptors (Lipinski definition) is 5. The molecule has 3 aromatic rings. The first-order chi connectivity index (χ1) is 15.4. The predicted molar refractivity (Wildman–Crippen MR) is 114 cm³/mol. The highest BCUT2D eigenvalue weighted by Gasteiger charge is 2.37. The Morgan fingerprint density at radius 2 is 1.85 bits per heavy atom. The number of rotatable bonds is 5. The zero-order valence-corrected chi connectivity index (χ0v) is 18.8. The van der Waals surface area contributed by atoms with Crippen LogP contribution in [0.4, 0.5) is 23.2 Å². The van der Waals surface area contributed by atoms with E-state index in [1.54, 1.807) is 18.2 Å². The summed E-state index contributed by atoms with van der Waals surface area (Å²) in [7, 11) is 0.0390. The van der Waals surface area contributed by atoms with E-state index in [2.05, 4.69) is 9.97 Å². The van der Waals surface area contributed by atoms with E-state index in [0.717, 1.165) is 17.9 Å². The van der Waals surface area contributed by atoms with Crippen LogP contribution in [0.2, 0.25) is 0 Å². The zero-order chi connectivity index (χ0) is 24.5. The number of amides is 1. The van der Waals surface area contributed by atoms with E-state index in [9.17, 15) is 26.6 Å². The number of aryl methyl sites for hydroxylation is 1. The number of carbonyl (C=O) groups excluding carboxylic acids is 1. The zero-order valence-electron chi connectivity index (χ0n) is 18.0. The van der Waals surface area contributed by atoms with E-state index in [4.69, 9.17) is 4.74 Å². The number of pyridine rings is 2. The molecule has 0 saturated heterocycles. The number of alkyl halides is 3. The lowest BCUT2D eigenvalue weighted by Crippen LogP contribution is -2.28. The van der Waals surface area contributed by atoms with Gasteiger partial charge < -0.3 is 9.64 Å². The molecule has 0 bridgehead atoms. The van der Waals surface area contributed by atoms with E-state index >= 15 is 0 Å². The summed E-state index contributed by atoms with van der Waals surface area (Å²) in [6, 6.07) is 8.50. The molecule has 33 heavy (non-hydrogen) atoms. The monoisotopic (exact) mass is 481 g/mol. The molecule has 2 heterocycles. The van der Waals surface area contributed by atoms with Crippen LogP contribution in [0.15, 0.2) is 47.5 Å². The second-order valence-electron chi connectivity index (χ2n) is 7.11. The highest BCUT2D eigenvalue weighted by molar-refractivity contribution is 7.84. The van der Waals surface area contributed by atoms with Gasteiger partial charge in [0.2, 0.25) is 11.8 Å². The molecule has 1 aromatic carbocycles. The van der Waals surface area contributed by atoms with Gasteiger partial charge >= 0.3 is 6.18 Å². The summed E-state index contributed by atoms with van der Waals surface area (Å²) in [6.07, 6.45) is -2.71. The summed E-state index contributed by atoms with van der Waals surface area (Å²) >= 11 is 0. The van der Waals surface area contributed by atoms with Crippen molar-refractivity contribution >= 4 is 22.4 Å². The molecule has 0 radical (unpaired) electrons. The van der Waals surface area contributed by atoms with Gasteiger partial charge in [-0.05, 0) is 49.7 Å². The number of ether oxygens (including phenoxy) is 1. The lowest BCUT2D eigenvalue weighted by Gasteiger charge is -2.22. The molecular formula is C22H19F4N3O3S. The van der Waals surface area contributed by atoms with Crippen molar-refractivity contribution in [2.45, 2.75) is 24.9 Å². The third-order valence-electron chi connectivity index (χ3n) is 4.87. The molecule has 0 aliphatic carbocycles. The molecule has 11 heteroatoms. The van der Waals surface area contributed by atoms with Gasteiger partial charge in [0.1, 0.15) is 5.56 Å². The van der Waals surface area contributed by atoms with E-state index in [0.29, 0.717) is 16.8 Å². The Bertz CT molecular complexity index is 1250. The number of halogens is 4. The van der Waals surface area contributed by atoms with Crippen molar-refractivity contribution in [2.75, 3.05) is 18.2 Å². The molecule has 174 valence electrons. The molecule has 0 spiro atoms. The normalized spacial score (nSPS) is 12.4.